The van der Waals surface area contributed by atoms with Crippen LogP contribution in [-0.2, 0) is 27.2 Å². The van der Waals surface area contributed by atoms with Gasteiger partial charge >= 0.3 is 0 Å². The lowest BCUT2D eigenvalue weighted by Gasteiger charge is -2.09. The highest BCUT2D eigenvalue weighted by molar-refractivity contribution is 7.29. The summed E-state index contributed by atoms with van der Waals surface area (Å²) in [7, 11) is 4.42. The minimum Gasteiger partial charge on any atom is -0.330 e. The molecule has 0 aliphatic heterocycles. The maximum Gasteiger partial charge on any atom is 0.130 e. The molecule has 0 saturated carbocycles. The third-order valence-corrected chi connectivity index (χ3v) is 32.2. The molecule has 24 aromatic rings. The minimum absolute atomic E-state index is 0.976. The van der Waals surface area contributed by atoms with Crippen LogP contribution in [0.3, 0.4) is 0 Å². The van der Waals surface area contributed by atoms with E-state index in [9.17, 15) is 0 Å². The van der Waals surface area contributed by atoms with Crippen LogP contribution in [0.5, 0.6) is 0 Å². The molecule has 6 nitrogen and oxygen atoms in total. The summed E-state index contributed by atoms with van der Waals surface area (Å²) in [6.07, 6.45) is 34.0. The van der Waals surface area contributed by atoms with Crippen LogP contribution in [-0.4, -0.2) is 27.4 Å². The molecule has 0 unspecified atom stereocenters. The predicted molar refractivity (Wildman–Crippen MR) is 619 cm³/mol. The molecule has 0 aliphatic carbocycles. The van der Waals surface area contributed by atoms with Gasteiger partial charge in [-0.3, -0.25) is 0 Å². The average Bonchev–Trinajstić information content (AvgIpc) is 1.56. The molecule has 14 aromatic carbocycles. The molecule has 141 heavy (non-hydrogen) atoms. The number of aryl methyl sites for hydroxylation is 4. The Morgan fingerprint density at radius 2 is 0.624 bits per heavy atom. The highest BCUT2D eigenvalue weighted by Gasteiger charge is 2.25. The van der Waals surface area contributed by atoms with Gasteiger partial charge in [-0.05, 0) is 230 Å². The van der Waals surface area contributed by atoms with E-state index in [0.29, 0.717) is 0 Å². The first-order valence-corrected chi connectivity index (χ1v) is 53.6. The van der Waals surface area contributed by atoms with Gasteiger partial charge in [0, 0.05) is 139 Å². The summed E-state index contributed by atoms with van der Waals surface area (Å²) in [5, 5.41) is 21.2. The van der Waals surface area contributed by atoms with Gasteiger partial charge in [-0.25, -0.2) is 0 Å². The smallest absolute Gasteiger partial charge is 0.130 e. The topological polar surface area (TPSA) is 29.6 Å². The summed E-state index contributed by atoms with van der Waals surface area (Å²) in [6, 6.07) is 119. The summed E-state index contributed by atoms with van der Waals surface area (Å²) in [4.78, 5) is 2.69. The third-order valence-electron chi connectivity index (χ3n) is 27.9. The lowest BCUT2D eigenvalue weighted by Crippen LogP contribution is -2.02. The first kappa shape index (κ1) is 91.1. The Hall–Kier alpha value is -15.0. The number of hydrogen-bond donors (Lipinski definition) is 0. The maximum atomic E-state index is 3.46. The van der Waals surface area contributed by atoms with Crippen LogP contribution in [0.15, 0.2) is 350 Å². The normalized spacial score (nSPS) is 12.0. The van der Waals surface area contributed by atoms with Gasteiger partial charge < -0.3 is 27.4 Å². The molecule has 10 aromatic heterocycles. The molecule has 0 bridgehead atoms. The number of fused-ring (bicyclic) bond motifs is 19. The van der Waals surface area contributed by atoms with E-state index in [-0.39, 0.29) is 0 Å². The monoisotopic (exact) mass is 1900 g/mol. The van der Waals surface area contributed by atoms with Crippen molar-refractivity contribution in [2.75, 3.05) is 0 Å². The van der Waals surface area contributed by atoms with E-state index in [0.717, 1.165) is 73.9 Å². The summed E-state index contributed by atoms with van der Waals surface area (Å²) in [5.74, 6) is 13.7. The van der Waals surface area contributed by atoms with Crippen LogP contribution in [0, 0.1) is 23.7 Å². The van der Waals surface area contributed by atoms with Gasteiger partial charge in [-0.2, -0.15) is 0 Å². The van der Waals surface area contributed by atoms with Crippen molar-refractivity contribution in [1.82, 2.24) is 27.4 Å². The van der Waals surface area contributed by atoms with E-state index in [2.05, 4.69) is 474 Å². The summed E-state index contributed by atoms with van der Waals surface area (Å²) in [5.41, 5.74) is 27.9. The fourth-order valence-electron chi connectivity index (χ4n) is 20.5. The lowest BCUT2D eigenvalue weighted by molar-refractivity contribution is 0.655. The zero-order chi connectivity index (χ0) is 95.2. The molecule has 0 amide bonds. The Morgan fingerprint density at radius 1 is 0.262 bits per heavy atom. The number of benzene rings is 14. The van der Waals surface area contributed by atoms with Gasteiger partial charge in [0.05, 0.1) is 33.1 Å². The van der Waals surface area contributed by atoms with Crippen molar-refractivity contribution >= 4 is 221 Å². The predicted octanol–water partition coefficient (Wildman–Crippen LogP) is 38.1. The molecule has 0 spiro atoms. The van der Waals surface area contributed by atoms with Crippen LogP contribution in [0.25, 0.3) is 219 Å². The number of nitrogens with zero attached hydrogens (tertiary/aromatic N) is 6. The quantitative estimate of drug-likeness (QED) is 0.0310. The molecule has 10 heteroatoms. The van der Waals surface area contributed by atoms with Gasteiger partial charge in [0.15, 0.2) is 0 Å². The van der Waals surface area contributed by atoms with E-state index < -0.39 is 0 Å². The molecule has 690 valence electrons. The number of allylic oxidation sites excluding steroid dienone is 2. The van der Waals surface area contributed by atoms with Crippen molar-refractivity contribution in [2.24, 2.45) is 14.1 Å². The van der Waals surface area contributed by atoms with E-state index in [4.69, 9.17) is 0 Å². The summed E-state index contributed by atoms with van der Waals surface area (Å²) >= 11 is 7.47. The molecular weight excluding hydrogens is 1790 g/mol. The fraction of sp³-hybridized carbons (Fsp3) is 0.160. The van der Waals surface area contributed by atoms with Gasteiger partial charge in [-0.15, -0.1) is 45.3 Å². The van der Waals surface area contributed by atoms with Crippen molar-refractivity contribution in [2.45, 2.75) is 124 Å². The zero-order valence-electron chi connectivity index (χ0n) is 80.9. The van der Waals surface area contributed by atoms with Crippen molar-refractivity contribution < 1.29 is 0 Å². The Bertz CT molecular complexity index is 8980. The van der Waals surface area contributed by atoms with Crippen LogP contribution >= 0.6 is 45.3 Å². The Morgan fingerprint density at radius 3 is 1.13 bits per heavy atom. The maximum absolute atomic E-state index is 3.46. The van der Waals surface area contributed by atoms with E-state index in [1.165, 1.54) is 249 Å². The van der Waals surface area contributed by atoms with E-state index in [1.54, 1.807) is 0 Å². The average molecular weight is 1900 g/mol. The molecule has 0 fully saturated rings. The number of thiophene rings is 4. The molecule has 0 radical (unpaired) electrons. The first-order chi connectivity index (χ1) is 69.5. The fourth-order valence-corrected chi connectivity index (χ4v) is 24.7. The summed E-state index contributed by atoms with van der Waals surface area (Å²) < 4.78 is 20.3. The van der Waals surface area contributed by atoms with Crippen molar-refractivity contribution in [3.05, 3.63) is 395 Å². The molecule has 0 aliphatic rings. The van der Waals surface area contributed by atoms with Crippen LogP contribution < -0.4 is 0 Å². The van der Waals surface area contributed by atoms with Gasteiger partial charge in [0.25, 0.3) is 0 Å². The second-order valence-corrected chi connectivity index (χ2v) is 41.4. The standard InChI is InChI=1S/C47H38N2.C43H34N2.C41H40N2S4/c1-3-4-31-49-45-33-37(18-16-35-21-27-41(28-22-35)39-13-9-6-10-14-39)24-30-43(45)46-42-29-23-36(32-44(42)48(2)47(46)49)17-15-34-19-25-40(26-20-34)38-11-7-5-8-12-38;1-3-4-25-45-41-29-33(16-14-31-18-22-35-10-6-8-12-37(35)27-31)20-24-39(41)42-38-23-19-32(28-40(38)44(2)43(42)45)15-13-30-17-21-34-9-5-7-11-36(34)26-30;1-3-5-7-9-11-13-21-43-33-25-29(37-27-39-35(47-37)19-23-45-39)15-17-31(33)40-30-16-14-28(36-26-38-34(46-36)18-22-44-38)24-32(30)42(41(40)43)20-12-10-8-6-4-2/h5-15,17,19-30,32-33H,3-4,31H2,1-2H3;5-13,15,17-24,26-29H,3-4,25H2,1-2H3;12-27H,3-11H2,1-2H3/b17-15+;15-13+;20-12+,21-13+. The molecule has 0 N–H and O–H groups in total. The van der Waals surface area contributed by atoms with Crippen molar-refractivity contribution in [3.8, 4) is 66.8 Å². The van der Waals surface area contributed by atoms with Crippen LogP contribution in [0.2, 0.25) is 0 Å². The molecule has 10 heterocycles. The highest BCUT2D eigenvalue weighted by Crippen LogP contribution is 2.47. The third kappa shape index (κ3) is 18.7. The van der Waals surface area contributed by atoms with E-state index in [1.807, 2.05) is 51.4 Å². The molecule has 0 atom stereocenters. The number of hydrogen-bond acceptors (Lipinski definition) is 4. The molecular formula is C131H112N6S4. The number of unbranched alkanes of at least 4 members (excludes halogenated alkanes) is 9. The van der Waals surface area contributed by atoms with Gasteiger partial charge in [0.1, 0.15) is 16.9 Å². The zero-order valence-corrected chi connectivity index (χ0v) is 84.1. The van der Waals surface area contributed by atoms with Gasteiger partial charge in [-0.1, -0.05) is 357 Å². The molecule has 24 rings (SSSR count). The SMILES string of the molecule is CCCCC/C=C/n1c2cc(-c3cc4sccc4s3)ccc2c2c3ccc(-c4cc5sccc5s4)cc3n(/C=C/CCCCCC)c21.CCCCn1c2cc(C#Cc3ccc(-c4ccccc4)cc3)ccc2c2c3ccc(/C=C/c4ccc(-c5ccccc5)cc4)cc3n(C)c21.CCCCn1c2cc(C#Cc3ccc4ccccc4c3)ccc2c2c3ccc(/C=C/c4ccc5ccccc5c4)cc3n(C)c21. The lowest BCUT2D eigenvalue weighted by atomic mass is 10.0. The van der Waals surface area contributed by atoms with Crippen LogP contribution in [0.4, 0.5) is 0 Å². The van der Waals surface area contributed by atoms with Crippen molar-refractivity contribution in [3.63, 3.8) is 0 Å². The van der Waals surface area contributed by atoms with Crippen molar-refractivity contribution in [1.29, 1.82) is 0 Å². The van der Waals surface area contributed by atoms with Crippen LogP contribution in [0.1, 0.15) is 156 Å². The Kier molecular flexibility index (Phi) is 26.6. The summed E-state index contributed by atoms with van der Waals surface area (Å²) in [6.45, 7) is 11.1. The number of aromatic nitrogens is 6. The highest BCUT2D eigenvalue weighted by atomic mass is 32.1. The molecule has 0 saturated heterocycles. The first-order valence-electron chi connectivity index (χ1n) is 50.2. The second kappa shape index (κ2) is 41.2. The van der Waals surface area contributed by atoms with E-state index >= 15 is 0 Å². The largest absolute Gasteiger partial charge is 0.330 e. The number of rotatable bonds is 25. The Labute approximate surface area is 841 Å². The van der Waals surface area contributed by atoms with Gasteiger partial charge in [0.2, 0.25) is 0 Å². The Balaban J connectivity index is 0.000000121. The minimum atomic E-state index is 0.976. The second-order valence-electron chi connectivity index (χ2n) is 37.3.